The molecular formula is C15H21N5O. The maximum Gasteiger partial charge on any atom is 0.218 e. The zero-order chi connectivity index (χ0) is 14.7. The minimum Gasteiger partial charge on any atom is -0.478 e. The quantitative estimate of drug-likeness (QED) is 0.861. The Kier molecular flexibility index (Phi) is 4.03. The van der Waals surface area contributed by atoms with E-state index in [1.807, 2.05) is 30.9 Å². The topological polar surface area (TPSA) is 56.1 Å². The second-order valence-electron chi connectivity index (χ2n) is 5.36. The lowest BCUT2D eigenvalue weighted by atomic mass is 9.91. The van der Waals surface area contributed by atoms with Crippen LogP contribution in [0.15, 0.2) is 24.8 Å². The van der Waals surface area contributed by atoms with E-state index in [0.29, 0.717) is 18.4 Å². The zero-order valence-corrected chi connectivity index (χ0v) is 12.6. The number of piperidine rings is 1. The third kappa shape index (κ3) is 3.15. The molecule has 2 aromatic heterocycles. The molecule has 0 spiro atoms. The summed E-state index contributed by atoms with van der Waals surface area (Å²) in [6.07, 6.45) is 7.93. The molecule has 0 N–H and O–H groups in total. The van der Waals surface area contributed by atoms with E-state index in [2.05, 4.69) is 26.2 Å². The van der Waals surface area contributed by atoms with E-state index in [1.54, 1.807) is 6.33 Å². The molecule has 2 aromatic rings. The molecule has 112 valence electrons. The second-order valence-corrected chi connectivity index (χ2v) is 5.36. The second kappa shape index (κ2) is 6.11. The van der Waals surface area contributed by atoms with Gasteiger partial charge in [-0.15, -0.1) is 0 Å². The van der Waals surface area contributed by atoms with Gasteiger partial charge in [-0.3, -0.25) is 4.68 Å². The molecule has 1 saturated heterocycles. The Morgan fingerprint density at radius 3 is 2.76 bits per heavy atom. The van der Waals surface area contributed by atoms with Crippen LogP contribution in [0.1, 0.15) is 31.2 Å². The van der Waals surface area contributed by atoms with Crippen molar-refractivity contribution in [2.24, 2.45) is 7.05 Å². The van der Waals surface area contributed by atoms with Crippen LogP contribution in [0, 0.1) is 0 Å². The van der Waals surface area contributed by atoms with Crippen molar-refractivity contribution in [1.29, 1.82) is 0 Å². The summed E-state index contributed by atoms with van der Waals surface area (Å²) in [5, 5.41) is 4.27. The molecule has 0 aliphatic carbocycles. The SMILES string of the molecule is CCOc1cc(N2CCC(c3cnn(C)c3)CC2)ncn1. The number of aryl methyl sites for hydroxylation is 1. The van der Waals surface area contributed by atoms with Crippen LogP contribution in [0.4, 0.5) is 5.82 Å². The summed E-state index contributed by atoms with van der Waals surface area (Å²) in [6.45, 7) is 4.59. The predicted molar refractivity (Wildman–Crippen MR) is 80.6 cm³/mol. The van der Waals surface area contributed by atoms with Crippen LogP contribution in [0.25, 0.3) is 0 Å². The molecule has 1 aliphatic heterocycles. The summed E-state index contributed by atoms with van der Waals surface area (Å²) in [4.78, 5) is 10.8. The Hall–Kier alpha value is -2.11. The minimum atomic E-state index is 0.600. The van der Waals surface area contributed by atoms with Crippen LogP contribution in [0.3, 0.4) is 0 Å². The fourth-order valence-corrected chi connectivity index (χ4v) is 2.82. The lowest BCUT2D eigenvalue weighted by molar-refractivity contribution is 0.326. The third-order valence-electron chi connectivity index (χ3n) is 3.93. The van der Waals surface area contributed by atoms with Crippen molar-refractivity contribution >= 4 is 5.82 Å². The van der Waals surface area contributed by atoms with Crippen molar-refractivity contribution in [2.75, 3.05) is 24.6 Å². The highest BCUT2D eigenvalue weighted by Gasteiger charge is 2.22. The normalized spacial score (nSPS) is 16.2. The summed E-state index contributed by atoms with van der Waals surface area (Å²) >= 11 is 0. The molecule has 1 aliphatic rings. The summed E-state index contributed by atoms with van der Waals surface area (Å²) in [5.41, 5.74) is 1.34. The van der Waals surface area contributed by atoms with Gasteiger partial charge in [0, 0.05) is 32.4 Å². The molecule has 3 rings (SSSR count). The van der Waals surface area contributed by atoms with Gasteiger partial charge in [0.2, 0.25) is 5.88 Å². The molecular weight excluding hydrogens is 266 g/mol. The first kappa shape index (κ1) is 13.9. The molecule has 0 atom stereocenters. The lowest BCUT2D eigenvalue weighted by Gasteiger charge is -2.32. The van der Waals surface area contributed by atoms with Crippen molar-refractivity contribution in [3.05, 3.63) is 30.4 Å². The van der Waals surface area contributed by atoms with Gasteiger partial charge in [-0.1, -0.05) is 0 Å². The number of aromatic nitrogens is 4. The molecule has 0 unspecified atom stereocenters. The number of hydrogen-bond donors (Lipinski definition) is 0. The molecule has 0 amide bonds. The van der Waals surface area contributed by atoms with E-state index in [0.717, 1.165) is 31.7 Å². The number of rotatable bonds is 4. The van der Waals surface area contributed by atoms with Gasteiger partial charge >= 0.3 is 0 Å². The first-order valence-corrected chi connectivity index (χ1v) is 7.44. The Morgan fingerprint density at radius 1 is 1.29 bits per heavy atom. The smallest absolute Gasteiger partial charge is 0.218 e. The summed E-state index contributed by atoms with van der Waals surface area (Å²) in [7, 11) is 1.97. The van der Waals surface area contributed by atoms with E-state index >= 15 is 0 Å². The fourth-order valence-electron chi connectivity index (χ4n) is 2.82. The van der Waals surface area contributed by atoms with Crippen LogP contribution in [-0.4, -0.2) is 39.4 Å². The van der Waals surface area contributed by atoms with Gasteiger partial charge in [-0.25, -0.2) is 9.97 Å². The van der Waals surface area contributed by atoms with E-state index in [1.165, 1.54) is 5.56 Å². The number of ether oxygens (including phenoxy) is 1. The van der Waals surface area contributed by atoms with Crippen molar-refractivity contribution in [1.82, 2.24) is 19.7 Å². The highest BCUT2D eigenvalue weighted by atomic mass is 16.5. The van der Waals surface area contributed by atoms with E-state index in [9.17, 15) is 0 Å². The van der Waals surface area contributed by atoms with Gasteiger partial charge in [0.25, 0.3) is 0 Å². The fraction of sp³-hybridized carbons (Fsp3) is 0.533. The van der Waals surface area contributed by atoms with Crippen molar-refractivity contribution in [3.8, 4) is 5.88 Å². The molecule has 6 nitrogen and oxygen atoms in total. The van der Waals surface area contributed by atoms with Crippen molar-refractivity contribution in [2.45, 2.75) is 25.7 Å². The summed E-state index contributed by atoms with van der Waals surface area (Å²) in [6, 6.07) is 1.92. The molecule has 0 saturated carbocycles. The maximum atomic E-state index is 5.44. The van der Waals surface area contributed by atoms with Gasteiger partial charge in [0.1, 0.15) is 12.1 Å². The average Bonchev–Trinajstić information content (AvgIpc) is 2.95. The average molecular weight is 287 g/mol. The Balaban J connectivity index is 1.64. The Labute approximate surface area is 124 Å². The molecule has 1 fully saturated rings. The molecule has 3 heterocycles. The number of anilines is 1. The van der Waals surface area contributed by atoms with Gasteiger partial charge in [0.05, 0.1) is 12.8 Å². The van der Waals surface area contributed by atoms with Crippen molar-refractivity contribution < 1.29 is 4.74 Å². The van der Waals surface area contributed by atoms with Crippen LogP contribution < -0.4 is 9.64 Å². The molecule has 6 heteroatoms. The van der Waals surface area contributed by atoms with E-state index in [4.69, 9.17) is 4.74 Å². The number of nitrogens with zero attached hydrogens (tertiary/aromatic N) is 5. The van der Waals surface area contributed by atoms with Crippen LogP contribution >= 0.6 is 0 Å². The van der Waals surface area contributed by atoms with Gasteiger partial charge in [0.15, 0.2) is 0 Å². The standard InChI is InChI=1S/C15H21N5O/c1-3-21-15-8-14(16-11-17-15)20-6-4-12(5-7-20)13-9-18-19(2)10-13/h8-12H,3-7H2,1-2H3. The highest BCUT2D eigenvalue weighted by Crippen LogP contribution is 2.29. The molecule has 21 heavy (non-hydrogen) atoms. The molecule has 0 bridgehead atoms. The minimum absolute atomic E-state index is 0.600. The first-order valence-electron chi connectivity index (χ1n) is 7.44. The molecule has 0 aromatic carbocycles. The summed E-state index contributed by atoms with van der Waals surface area (Å²) < 4.78 is 7.32. The van der Waals surface area contributed by atoms with Gasteiger partial charge in [-0.05, 0) is 31.2 Å². The van der Waals surface area contributed by atoms with Crippen LogP contribution in [-0.2, 0) is 7.05 Å². The Bertz CT molecular complexity index is 589. The number of hydrogen-bond acceptors (Lipinski definition) is 5. The monoisotopic (exact) mass is 287 g/mol. The van der Waals surface area contributed by atoms with Crippen molar-refractivity contribution in [3.63, 3.8) is 0 Å². The Morgan fingerprint density at radius 2 is 2.10 bits per heavy atom. The zero-order valence-electron chi connectivity index (χ0n) is 12.6. The largest absolute Gasteiger partial charge is 0.478 e. The van der Waals surface area contributed by atoms with Gasteiger partial charge < -0.3 is 9.64 Å². The molecule has 0 radical (unpaired) electrons. The van der Waals surface area contributed by atoms with Crippen LogP contribution in [0.2, 0.25) is 0 Å². The highest BCUT2D eigenvalue weighted by molar-refractivity contribution is 5.41. The van der Waals surface area contributed by atoms with Gasteiger partial charge in [-0.2, -0.15) is 5.10 Å². The lowest BCUT2D eigenvalue weighted by Crippen LogP contribution is -2.33. The van der Waals surface area contributed by atoms with E-state index in [-0.39, 0.29) is 0 Å². The maximum absolute atomic E-state index is 5.44. The van der Waals surface area contributed by atoms with E-state index < -0.39 is 0 Å². The predicted octanol–water partition coefficient (Wildman–Crippen LogP) is 1.99. The summed E-state index contributed by atoms with van der Waals surface area (Å²) in [5.74, 6) is 2.21. The van der Waals surface area contributed by atoms with Crippen LogP contribution in [0.5, 0.6) is 5.88 Å². The third-order valence-corrected chi connectivity index (χ3v) is 3.93. The first-order chi connectivity index (χ1) is 10.3.